The maximum absolute atomic E-state index is 12.3. The lowest BCUT2D eigenvalue weighted by Crippen LogP contribution is -2.27. The second kappa shape index (κ2) is 8.85. The van der Waals surface area contributed by atoms with Crippen molar-refractivity contribution in [2.24, 2.45) is 0 Å². The molecule has 1 saturated carbocycles. The van der Waals surface area contributed by atoms with Crippen molar-refractivity contribution < 1.29 is 9.21 Å². The molecule has 1 amide bonds. The Bertz CT molecular complexity index is 716. The summed E-state index contributed by atoms with van der Waals surface area (Å²) in [4.78, 5) is 14.1. The number of aromatic nitrogens is 2. The van der Waals surface area contributed by atoms with Crippen molar-refractivity contribution in [2.75, 3.05) is 12.8 Å². The number of halogens is 1. The number of hydrogen-bond donors (Lipinski definition) is 0. The normalized spacial score (nSPS) is 15.3. The van der Waals surface area contributed by atoms with Crippen molar-refractivity contribution in [1.82, 2.24) is 15.1 Å². The van der Waals surface area contributed by atoms with Crippen LogP contribution in [-0.4, -0.2) is 33.8 Å². The van der Waals surface area contributed by atoms with Crippen LogP contribution in [-0.2, 0) is 11.3 Å². The number of carbonyl (C=O) groups excluding carboxylic acids is 1. The number of nitrogens with zero attached hydrogens (tertiary/aromatic N) is 3. The molecule has 0 atom stereocenters. The van der Waals surface area contributed by atoms with Gasteiger partial charge in [0.05, 0.1) is 5.75 Å². The van der Waals surface area contributed by atoms with Gasteiger partial charge in [-0.3, -0.25) is 4.79 Å². The molecular weight excluding hydrogens is 402 g/mol. The van der Waals surface area contributed by atoms with Crippen LogP contribution in [0.25, 0.3) is 0 Å². The minimum atomic E-state index is 0.0400. The molecule has 0 unspecified atom stereocenters. The number of rotatable bonds is 6. The molecule has 0 N–H and O–H groups in total. The van der Waals surface area contributed by atoms with Crippen molar-refractivity contribution in [3.05, 3.63) is 40.2 Å². The first-order chi connectivity index (χ1) is 12.1. The summed E-state index contributed by atoms with van der Waals surface area (Å²) in [5.41, 5.74) is 1.08. The Kier molecular flexibility index (Phi) is 6.53. The van der Waals surface area contributed by atoms with Crippen molar-refractivity contribution in [3.8, 4) is 0 Å². The van der Waals surface area contributed by atoms with E-state index in [-0.39, 0.29) is 5.91 Å². The second-order valence-electron chi connectivity index (χ2n) is 6.37. The number of thioether (sulfide) groups is 1. The van der Waals surface area contributed by atoms with Gasteiger partial charge in [0, 0.05) is 24.0 Å². The highest BCUT2D eigenvalue weighted by molar-refractivity contribution is 9.10. The Morgan fingerprint density at radius 1 is 1.28 bits per heavy atom. The Balaban J connectivity index is 1.50. The third-order valence-electron chi connectivity index (χ3n) is 4.49. The predicted molar refractivity (Wildman–Crippen MR) is 101 cm³/mol. The molecule has 5 nitrogen and oxygen atoms in total. The summed E-state index contributed by atoms with van der Waals surface area (Å²) < 4.78 is 6.76. The lowest BCUT2D eigenvalue weighted by atomic mass is 9.89. The maximum atomic E-state index is 12.3. The molecule has 1 heterocycles. The standard InChI is InChI=1S/C18H22BrN3O2S/c1-22(11-14-9-5-6-10-15(14)19)16(23)12-25-18-21-20-17(24-18)13-7-3-2-4-8-13/h5-6,9-10,13H,2-4,7-8,11-12H2,1H3. The fourth-order valence-corrected chi connectivity index (χ4v) is 4.12. The second-order valence-corrected chi connectivity index (χ2v) is 8.15. The van der Waals surface area contributed by atoms with E-state index in [0.29, 0.717) is 23.4 Å². The van der Waals surface area contributed by atoms with Gasteiger partial charge in [-0.15, -0.1) is 10.2 Å². The minimum absolute atomic E-state index is 0.0400. The molecule has 7 heteroatoms. The van der Waals surface area contributed by atoms with Crippen LogP contribution in [0.4, 0.5) is 0 Å². The zero-order valence-corrected chi connectivity index (χ0v) is 16.7. The lowest BCUT2D eigenvalue weighted by molar-refractivity contribution is -0.127. The first kappa shape index (κ1) is 18.5. The molecule has 25 heavy (non-hydrogen) atoms. The van der Waals surface area contributed by atoms with E-state index in [4.69, 9.17) is 4.42 Å². The van der Waals surface area contributed by atoms with Gasteiger partial charge in [-0.05, 0) is 24.5 Å². The number of carbonyl (C=O) groups is 1. The van der Waals surface area contributed by atoms with E-state index < -0.39 is 0 Å². The molecule has 3 rings (SSSR count). The van der Waals surface area contributed by atoms with Crippen LogP contribution in [0.1, 0.15) is 49.5 Å². The number of hydrogen-bond acceptors (Lipinski definition) is 5. The molecule has 0 spiro atoms. The highest BCUT2D eigenvalue weighted by Crippen LogP contribution is 2.32. The lowest BCUT2D eigenvalue weighted by Gasteiger charge is -2.18. The van der Waals surface area contributed by atoms with Crippen molar-refractivity contribution in [1.29, 1.82) is 0 Å². The van der Waals surface area contributed by atoms with Gasteiger partial charge in [0.1, 0.15) is 0 Å². The van der Waals surface area contributed by atoms with Crippen LogP contribution in [0.15, 0.2) is 38.4 Å². The Hall–Kier alpha value is -1.34. The highest BCUT2D eigenvalue weighted by atomic mass is 79.9. The van der Waals surface area contributed by atoms with Gasteiger partial charge in [-0.2, -0.15) is 0 Å². The molecule has 0 bridgehead atoms. The van der Waals surface area contributed by atoms with Gasteiger partial charge in [0.2, 0.25) is 11.8 Å². The van der Waals surface area contributed by atoms with Crippen LogP contribution >= 0.6 is 27.7 Å². The van der Waals surface area contributed by atoms with Gasteiger partial charge in [-0.1, -0.05) is 65.2 Å². The van der Waals surface area contributed by atoms with Crippen LogP contribution in [0, 0.1) is 0 Å². The third kappa shape index (κ3) is 5.07. The quantitative estimate of drug-likeness (QED) is 0.633. The molecule has 1 aliphatic carbocycles. The summed E-state index contributed by atoms with van der Waals surface area (Å²) in [5.74, 6) is 1.46. The Morgan fingerprint density at radius 3 is 2.80 bits per heavy atom. The van der Waals surface area contributed by atoms with E-state index in [0.717, 1.165) is 28.8 Å². The van der Waals surface area contributed by atoms with Gasteiger partial charge in [-0.25, -0.2) is 0 Å². The molecule has 0 saturated heterocycles. The molecule has 1 aliphatic rings. The zero-order chi connectivity index (χ0) is 17.6. The van der Waals surface area contributed by atoms with Crippen LogP contribution < -0.4 is 0 Å². The Labute approximate surface area is 160 Å². The van der Waals surface area contributed by atoms with Gasteiger partial charge in [0.15, 0.2) is 0 Å². The van der Waals surface area contributed by atoms with E-state index in [2.05, 4.69) is 26.1 Å². The SMILES string of the molecule is CN(Cc1ccccc1Br)C(=O)CSc1nnc(C2CCCCC2)o1. The molecule has 0 radical (unpaired) electrons. The Morgan fingerprint density at radius 2 is 2.04 bits per heavy atom. The van der Waals surface area contributed by atoms with Crippen molar-refractivity contribution >= 4 is 33.6 Å². The van der Waals surface area contributed by atoms with E-state index in [9.17, 15) is 4.79 Å². The summed E-state index contributed by atoms with van der Waals surface area (Å²) in [6.45, 7) is 0.567. The molecule has 134 valence electrons. The first-order valence-corrected chi connectivity index (χ1v) is 10.3. The summed E-state index contributed by atoms with van der Waals surface area (Å²) in [6, 6.07) is 7.92. The monoisotopic (exact) mass is 423 g/mol. The summed E-state index contributed by atoms with van der Waals surface area (Å²) in [6.07, 6.45) is 6.01. The smallest absolute Gasteiger partial charge is 0.277 e. The van der Waals surface area contributed by atoms with Crippen molar-refractivity contribution in [2.45, 2.75) is 49.8 Å². The van der Waals surface area contributed by atoms with Crippen LogP contribution in [0.2, 0.25) is 0 Å². The molecule has 1 fully saturated rings. The highest BCUT2D eigenvalue weighted by Gasteiger charge is 2.22. The fourth-order valence-electron chi connectivity index (χ4n) is 3.00. The number of benzene rings is 1. The van der Waals surface area contributed by atoms with Crippen LogP contribution in [0.3, 0.4) is 0 Å². The van der Waals surface area contributed by atoms with E-state index in [1.807, 2.05) is 31.3 Å². The summed E-state index contributed by atoms with van der Waals surface area (Å²) >= 11 is 4.83. The maximum Gasteiger partial charge on any atom is 0.277 e. The summed E-state index contributed by atoms with van der Waals surface area (Å²) in [7, 11) is 1.81. The average Bonchev–Trinajstić information content (AvgIpc) is 3.11. The molecule has 0 aliphatic heterocycles. The van der Waals surface area contributed by atoms with E-state index in [1.165, 1.54) is 31.0 Å². The third-order valence-corrected chi connectivity index (χ3v) is 6.06. The molecule has 1 aromatic carbocycles. The van der Waals surface area contributed by atoms with E-state index >= 15 is 0 Å². The van der Waals surface area contributed by atoms with Crippen LogP contribution in [0.5, 0.6) is 0 Å². The average molecular weight is 424 g/mol. The fraction of sp³-hybridized carbons (Fsp3) is 0.500. The predicted octanol–water partition coefficient (Wildman–Crippen LogP) is 4.63. The van der Waals surface area contributed by atoms with E-state index in [1.54, 1.807) is 4.90 Å². The molecule has 1 aromatic heterocycles. The summed E-state index contributed by atoms with van der Waals surface area (Å²) in [5, 5.41) is 8.75. The topological polar surface area (TPSA) is 59.2 Å². The first-order valence-electron chi connectivity index (χ1n) is 8.57. The minimum Gasteiger partial charge on any atom is -0.416 e. The van der Waals surface area contributed by atoms with Crippen molar-refractivity contribution in [3.63, 3.8) is 0 Å². The molecule has 2 aromatic rings. The van der Waals surface area contributed by atoms with Gasteiger partial charge < -0.3 is 9.32 Å². The van der Waals surface area contributed by atoms with Gasteiger partial charge in [0.25, 0.3) is 5.22 Å². The number of amides is 1. The zero-order valence-electron chi connectivity index (χ0n) is 14.3. The largest absolute Gasteiger partial charge is 0.416 e. The molecular formula is C18H22BrN3O2S. The van der Waals surface area contributed by atoms with Gasteiger partial charge >= 0.3 is 0 Å².